The van der Waals surface area contributed by atoms with Crippen molar-refractivity contribution in [2.75, 3.05) is 37.8 Å². The van der Waals surface area contributed by atoms with Gasteiger partial charge in [-0.05, 0) is 18.9 Å². The van der Waals surface area contributed by atoms with Gasteiger partial charge in [-0.15, -0.1) is 0 Å². The van der Waals surface area contributed by atoms with Crippen molar-refractivity contribution in [2.45, 2.75) is 77.6 Å². The van der Waals surface area contributed by atoms with Gasteiger partial charge in [-0.3, -0.25) is 32.5 Å². The Balaban J connectivity index is 0.00000168. The molecule has 2 amide bonds. The Kier molecular flexibility index (Phi) is 20.9. The predicted molar refractivity (Wildman–Crippen MR) is 214 cm³/mol. The number of ether oxygens (including phenoxy) is 1. The highest BCUT2D eigenvalue weighted by Crippen LogP contribution is 2.61. The molecule has 7 atom stereocenters. The van der Waals surface area contributed by atoms with Crippen LogP contribution in [0.5, 0.6) is 0 Å². The number of aliphatic carboxylic acids is 1. The van der Waals surface area contributed by atoms with Gasteiger partial charge < -0.3 is 56.0 Å². The quantitative estimate of drug-likeness (QED) is 0.0313. The van der Waals surface area contributed by atoms with Crippen LogP contribution >= 0.6 is 36.1 Å². The molecule has 3 heterocycles. The highest BCUT2D eigenvalue weighted by atomic mass is 32.1. The second-order valence-corrected chi connectivity index (χ2v) is 18.0. The summed E-state index contributed by atoms with van der Waals surface area (Å²) in [4.78, 5) is 97.7. The number of carbonyl (C=O) groups is 4. The van der Waals surface area contributed by atoms with Crippen molar-refractivity contribution < 1.29 is 90.4 Å². The number of aliphatic hydroxyl groups is 2. The van der Waals surface area contributed by atoms with Crippen molar-refractivity contribution in [1.82, 2.24) is 30.2 Å². The van der Waals surface area contributed by atoms with Gasteiger partial charge in [0.1, 0.15) is 29.9 Å². The van der Waals surface area contributed by atoms with E-state index >= 15 is 0 Å². The number of nitrogens with two attached hydrogens (primary N) is 1. The van der Waals surface area contributed by atoms with E-state index in [1.54, 1.807) is 19.1 Å². The number of aliphatic hydroxyl groups excluding tert-OH is 2. The third-order valence-corrected chi connectivity index (χ3v) is 11.1. The molecule has 2 aromatic rings. The van der Waals surface area contributed by atoms with Crippen LogP contribution in [0, 0.1) is 5.41 Å². The number of rotatable bonds is 23. The van der Waals surface area contributed by atoms with Crippen molar-refractivity contribution in [3.05, 3.63) is 36.5 Å². The van der Waals surface area contributed by atoms with Crippen LogP contribution in [0.25, 0.3) is 11.2 Å². The number of fused-ring (bicyclic) bond motifs is 1. The van der Waals surface area contributed by atoms with E-state index in [9.17, 15) is 62.7 Å². The van der Waals surface area contributed by atoms with E-state index in [0.717, 1.165) is 23.4 Å². The van der Waals surface area contributed by atoms with Crippen LogP contribution in [0.15, 0.2) is 30.6 Å². The molecule has 1 saturated heterocycles. The Morgan fingerprint density at radius 2 is 1.64 bits per heavy atom. The minimum absolute atomic E-state index is 0.0539. The Hall–Kier alpha value is -3.49. The molecule has 2 unspecified atom stereocenters. The number of phosphoric acid groups is 3. The zero-order valence-electron chi connectivity index (χ0n) is 33.1. The lowest BCUT2D eigenvalue weighted by atomic mass is 9.87. The van der Waals surface area contributed by atoms with Crippen molar-refractivity contribution in [2.24, 2.45) is 5.41 Å². The van der Waals surface area contributed by atoms with Gasteiger partial charge in [-0.1, -0.05) is 39.8 Å². The number of phosphoric ester groups is 3. The molecule has 0 aromatic carbocycles. The summed E-state index contributed by atoms with van der Waals surface area (Å²) in [6.45, 7) is 4.25. The molecule has 1 aliphatic rings. The van der Waals surface area contributed by atoms with Gasteiger partial charge in [0.25, 0.3) is 0 Å². The Morgan fingerprint density at radius 3 is 2.21 bits per heavy atom. The largest absolute Gasteiger partial charge is 0.481 e. The number of amides is 2. The summed E-state index contributed by atoms with van der Waals surface area (Å²) in [5.74, 6) is -3.05. The number of nitrogens with one attached hydrogen (secondary N) is 2. The average Bonchev–Trinajstić information content (AvgIpc) is 3.72. The predicted octanol–water partition coefficient (Wildman–Crippen LogP) is 0.521. The first-order valence-corrected chi connectivity index (χ1v) is 23.1. The standard InChI is InChI=1S/C26H42N7O17P3S.C5H8O2/c1-4-5-6-14(34)22-31-21(27)17-23(32-22)33(13-30-17)25-18(36)19(49-51(39,40)41)15(48-25)11-46-52(42,43)50-53(44,45)47-12-26(2,3)20(37)24(38)29-8-7-16(35)28-9-10-54;1-2-3-4-5(6)7/h5-6,13,15,18-20,25,36-37,54H,4,7-12H2,1-3H3,(H,28,35)(H,29,38)(H,42,43)(H,44,45)(H2,27,31,32)(H2,39,40,41);3-4H,2H2,1H3,(H,6,7)/t15-,18-,19-,20+,25-;/m1./s1. The smallest absolute Gasteiger partial charge is 0.478 e. The van der Waals surface area contributed by atoms with E-state index in [1.807, 2.05) is 6.92 Å². The summed E-state index contributed by atoms with van der Waals surface area (Å²) in [7, 11) is -16.5. The minimum atomic E-state index is -5.61. The summed E-state index contributed by atoms with van der Waals surface area (Å²) in [5.41, 5.74) is 4.12. The summed E-state index contributed by atoms with van der Waals surface area (Å²) in [5, 5.41) is 34.3. The van der Waals surface area contributed by atoms with Gasteiger partial charge in [-0.2, -0.15) is 16.9 Å². The highest BCUT2D eigenvalue weighted by molar-refractivity contribution is 7.80. The number of allylic oxidation sites excluding steroid dienone is 3. The number of ketones is 1. The molecule has 2 aromatic heterocycles. The van der Waals surface area contributed by atoms with E-state index < -0.39 is 90.4 Å². The number of aromatic nitrogens is 4. The number of imidazole rings is 1. The first-order chi connectivity index (χ1) is 28.3. The van der Waals surface area contributed by atoms with Crippen molar-refractivity contribution in [1.29, 1.82) is 0 Å². The zero-order chi connectivity index (χ0) is 46.3. The van der Waals surface area contributed by atoms with Crippen LogP contribution in [-0.2, 0) is 50.7 Å². The van der Waals surface area contributed by atoms with Gasteiger partial charge in [0.2, 0.25) is 23.4 Å². The van der Waals surface area contributed by atoms with Gasteiger partial charge >= 0.3 is 29.4 Å². The van der Waals surface area contributed by atoms with Gasteiger partial charge in [0.15, 0.2) is 17.7 Å². The molecular formula is C31H50N7O19P3S. The summed E-state index contributed by atoms with van der Waals surface area (Å²) in [6, 6.07) is 0. The molecule has 0 aliphatic carbocycles. The second kappa shape index (κ2) is 23.8. The maximum Gasteiger partial charge on any atom is 0.481 e. The molecule has 11 N–H and O–H groups in total. The minimum Gasteiger partial charge on any atom is -0.478 e. The maximum absolute atomic E-state index is 12.7. The molecule has 0 bridgehead atoms. The van der Waals surface area contributed by atoms with Crippen molar-refractivity contribution in [3.63, 3.8) is 0 Å². The fraction of sp³-hybridized carbons (Fsp3) is 0.581. The molecule has 30 heteroatoms. The molecule has 61 heavy (non-hydrogen) atoms. The summed E-state index contributed by atoms with van der Waals surface area (Å²) >= 11 is 3.95. The lowest BCUT2D eigenvalue weighted by Gasteiger charge is -2.30. The molecular weight excluding hydrogens is 899 g/mol. The summed E-state index contributed by atoms with van der Waals surface area (Å²) < 4.78 is 62.2. The highest BCUT2D eigenvalue weighted by Gasteiger charge is 2.50. The number of anilines is 1. The molecule has 26 nitrogen and oxygen atoms in total. The van der Waals surface area contributed by atoms with E-state index in [-0.39, 0.29) is 41.7 Å². The van der Waals surface area contributed by atoms with Gasteiger partial charge in [0.05, 0.1) is 19.5 Å². The number of thiol groups is 1. The molecule has 3 rings (SSSR count). The second-order valence-electron chi connectivity index (χ2n) is 13.3. The maximum atomic E-state index is 12.7. The molecule has 0 saturated carbocycles. The van der Waals surface area contributed by atoms with Crippen LogP contribution in [-0.4, -0.2) is 134 Å². The van der Waals surface area contributed by atoms with Crippen molar-refractivity contribution >= 4 is 76.6 Å². The van der Waals surface area contributed by atoms with E-state index in [4.69, 9.17) is 24.6 Å². The normalized spacial score (nSPS) is 20.8. The Bertz CT molecular complexity index is 2050. The molecule has 0 spiro atoms. The first-order valence-electron chi connectivity index (χ1n) is 17.9. The van der Waals surface area contributed by atoms with Crippen LogP contribution < -0.4 is 16.4 Å². The fourth-order valence-corrected chi connectivity index (χ4v) is 7.77. The number of carboxylic acid groups (broad SMARTS) is 1. The van der Waals surface area contributed by atoms with E-state index in [2.05, 4.69) is 47.0 Å². The van der Waals surface area contributed by atoms with Crippen LogP contribution in [0.3, 0.4) is 0 Å². The third-order valence-electron chi connectivity index (χ3n) is 7.79. The van der Waals surface area contributed by atoms with Crippen LogP contribution in [0.4, 0.5) is 5.82 Å². The zero-order valence-corrected chi connectivity index (χ0v) is 36.7. The Labute approximate surface area is 353 Å². The van der Waals surface area contributed by atoms with Gasteiger partial charge in [-0.25, -0.2) is 33.4 Å². The molecule has 0 radical (unpaired) electrons. The number of carboxylic acids is 1. The topological polar surface area (TPSA) is 401 Å². The van der Waals surface area contributed by atoms with Crippen LogP contribution in [0.1, 0.15) is 63.8 Å². The number of nitrogens with zero attached hydrogens (tertiary/aromatic N) is 4. The van der Waals surface area contributed by atoms with E-state index in [0.29, 0.717) is 18.7 Å². The van der Waals surface area contributed by atoms with E-state index in [1.165, 1.54) is 19.9 Å². The Morgan fingerprint density at radius 1 is 1.02 bits per heavy atom. The van der Waals surface area contributed by atoms with Gasteiger partial charge in [0, 0.05) is 36.8 Å². The average molecular weight is 950 g/mol. The number of hydrogen-bond acceptors (Lipinski definition) is 19. The molecule has 1 fully saturated rings. The number of carbonyl (C=O) groups excluding carboxylic acids is 3. The third kappa shape index (κ3) is 17.7. The molecule has 1 aliphatic heterocycles. The molecule has 344 valence electrons. The fourth-order valence-electron chi connectivity index (χ4n) is 4.83. The van der Waals surface area contributed by atoms with Crippen molar-refractivity contribution in [3.8, 4) is 0 Å². The lowest BCUT2D eigenvalue weighted by Crippen LogP contribution is -2.46. The number of nitrogen functional groups attached to an aromatic ring is 1. The lowest BCUT2D eigenvalue weighted by molar-refractivity contribution is -0.137. The monoisotopic (exact) mass is 949 g/mol. The van der Waals surface area contributed by atoms with Crippen LogP contribution in [0.2, 0.25) is 0 Å². The number of hydrogen-bond donors (Lipinski definition) is 11. The summed E-state index contributed by atoms with van der Waals surface area (Å²) in [6.07, 6.45) is -1.57. The first kappa shape index (κ1) is 53.6. The SMILES string of the molecule is CCC=CC(=O)O.CCC=CC(=O)c1nc(N)c2ncn([C@@H]3O[C@H](COP(=O)(O)OP(=O)(O)OCC(C)(C)[C@@H](O)C(=O)NCCC(=O)NCCS)[C@@H](OP(=O)(O)O)[C@H]3O)c2n1.